The zero-order valence-electron chi connectivity index (χ0n) is 10.6. The fraction of sp³-hybridized carbons (Fsp3) is 0.231. The van der Waals surface area contributed by atoms with Gasteiger partial charge in [0, 0.05) is 6.07 Å². The number of benzene rings is 1. The van der Waals surface area contributed by atoms with Crippen LogP contribution < -0.4 is 11.1 Å². The molecule has 100 valence electrons. The van der Waals surface area contributed by atoms with Gasteiger partial charge in [0.2, 0.25) is 0 Å². The fourth-order valence-electron chi connectivity index (χ4n) is 1.57. The van der Waals surface area contributed by atoms with Crippen LogP contribution in [0.2, 0.25) is 0 Å². The van der Waals surface area contributed by atoms with Crippen molar-refractivity contribution in [2.45, 2.75) is 13.5 Å². The summed E-state index contributed by atoms with van der Waals surface area (Å²) in [5, 5.41) is 6.88. The molecule has 0 aliphatic carbocycles. The SMILES string of the molecule is CCOC(=O)c1ccc(N)c(NCc2ccon2)c1. The van der Waals surface area contributed by atoms with E-state index in [1.165, 1.54) is 6.26 Å². The first-order valence-corrected chi connectivity index (χ1v) is 5.90. The minimum absolute atomic E-state index is 0.338. The highest BCUT2D eigenvalue weighted by Crippen LogP contribution is 2.21. The first-order valence-electron chi connectivity index (χ1n) is 5.90. The lowest BCUT2D eigenvalue weighted by Gasteiger charge is -2.09. The number of nitrogens with two attached hydrogens (primary N) is 1. The van der Waals surface area contributed by atoms with E-state index in [1.54, 1.807) is 31.2 Å². The van der Waals surface area contributed by atoms with Crippen molar-refractivity contribution in [1.29, 1.82) is 0 Å². The largest absolute Gasteiger partial charge is 0.462 e. The highest BCUT2D eigenvalue weighted by molar-refractivity contribution is 5.92. The van der Waals surface area contributed by atoms with Crippen molar-refractivity contribution in [2.24, 2.45) is 0 Å². The molecule has 0 saturated heterocycles. The van der Waals surface area contributed by atoms with Crippen LogP contribution in [-0.4, -0.2) is 17.7 Å². The number of hydrogen-bond donors (Lipinski definition) is 2. The number of nitrogen functional groups attached to an aromatic ring is 1. The lowest BCUT2D eigenvalue weighted by atomic mass is 10.1. The van der Waals surface area contributed by atoms with E-state index in [-0.39, 0.29) is 5.97 Å². The van der Waals surface area contributed by atoms with Gasteiger partial charge < -0.3 is 20.3 Å². The van der Waals surface area contributed by atoms with Crippen molar-refractivity contribution in [2.75, 3.05) is 17.7 Å². The van der Waals surface area contributed by atoms with Gasteiger partial charge >= 0.3 is 5.97 Å². The molecule has 0 unspecified atom stereocenters. The monoisotopic (exact) mass is 261 g/mol. The first kappa shape index (κ1) is 12.9. The Labute approximate surface area is 110 Å². The number of nitrogens with zero attached hydrogens (tertiary/aromatic N) is 1. The third-order valence-electron chi connectivity index (χ3n) is 2.52. The third-order valence-corrected chi connectivity index (χ3v) is 2.52. The quantitative estimate of drug-likeness (QED) is 0.632. The highest BCUT2D eigenvalue weighted by atomic mass is 16.5. The summed E-state index contributed by atoms with van der Waals surface area (Å²) >= 11 is 0. The van der Waals surface area contributed by atoms with Crippen LogP contribution in [0.5, 0.6) is 0 Å². The summed E-state index contributed by atoms with van der Waals surface area (Å²) in [4.78, 5) is 11.6. The molecule has 19 heavy (non-hydrogen) atoms. The molecule has 0 bridgehead atoms. The Hall–Kier alpha value is -2.50. The van der Waals surface area contributed by atoms with E-state index in [0.29, 0.717) is 30.1 Å². The minimum atomic E-state index is -0.369. The van der Waals surface area contributed by atoms with Gasteiger partial charge in [0.1, 0.15) is 12.0 Å². The predicted molar refractivity (Wildman–Crippen MR) is 70.6 cm³/mol. The van der Waals surface area contributed by atoms with Crippen LogP contribution in [0.4, 0.5) is 11.4 Å². The zero-order valence-corrected chi connectivity index (χ0v) is 10.6. The van der Waals surface area contributed by atoms with E-state index in [9.17, 15) is 4.79 Å². The van der Waals surface area contributed by atoms with E-state index in [0.717, 1.165) is 5.69 Å². The van der Waals surface area contributed by atoms with Crippen molar-refractivity contribution in [3.05, 3.63) is 41.8 Å². The topological polar surface area (TPSA) is 90.4 Å². The fourth-order valence-corrected chi connectivity index (χ4v) is 1.57. The highest BCUT2D eigenvalue weighted by Gasteiger charge is 2.09. The average molecular weight is 261 g/mol. The molecule has 1 aromatic carbocycles. The van der Waals surface area contributed by atoms with Crippen molar-refractivity contribution >= 4 is 17.3 Å². The second-order valence-corrected chi connectivity index (χ2v) is 3.87. The third kappa shape index (κ3) is 3.25. The van der Waals surface area contributed by atoms with Crippen LogP contribution in [0.3, 0.4) is 0 Å². The second kappa shape index (κ2) is 5.90. The van der Waals surface area contributed by atoms with E-state index < -0.39 is 0 Å². The molecular formula is C13H15N3O3. The van der Waals surface area contributed by atoms with Gasteiger partial charge in [-0.3, -0.25) is 0 Å². The standard InChI is InChI=1S/C13H15N3O3/c1-2-18-13(17)9-3-4-11(14)12(7-9)15-8-10-5-6-19-16-10/h3-7,15H,2,8,14H2,1H3. The van der Waals surface area contributed by atoms with Crippen molar-refractivity contribution < 1.29 is 14.1 Å². The maximum absolute atomic E-state index is 11.6. The summed E-state index contributed by atoms with van der Waals surface area (Å²) in [6.45, 7) is 2.57. The van der Waals surface area contributed by atoms with Gasteiger partial charge in [0.05, 0.1) is 30.1 Å². The van der Waals surface area contributed by atoms with E-state index in [1.807, 2.05) is 0 Å². The Morgan fingerprint density at radius 1 is 1.47 bits per heavy atom. The molecular weight excluding hydrogens is 246 g/mol. The molecule has 0 fully saturated rings. The van der Waals surface area contributed by atoms with Gasteiger partial charge in [-0.2, -0.15) is 0 Å². The van der Waals surface area contributed by atoms with Crippen LogP contribution in [-0.2, 0) is 11.3 Å². The second-order valence-electron chi connectivity index (χ2n) is 3.87. The Bertz CT molecular complexity index is 552. The molecule has 0 aliphatic heterocycles. The van der Waals surface area contributed by atoms with Gasteiger partial charge in [-0.25, -0.2) is 4.79 Å². The number of carbonyl (C=O) groups is 1. The summed E-state index contributed by atoms with van der Waals surface area (Å²) in [6, 6.07) is 6.71. The summed E-state index contributed by atoms with van der Waals surface area (Å²) < 4.78 is 9.67. The molecule has 1 aromatic heterocycles. The van der Waals surface area contributed by atoms with Crippen molar-refractivity contribution in [1.82, 2.24) is 5.16 Å². The molecule has 6 heteroatoms. The van der Waals surface area contributed by atoms with E-state index in [4.69, 9.17) is 15.0 Å². The van der Waals surface area contributed by atoms with Crippen molar-refractivity contribution in [3.8, 4) is 0 Å². The van der Waals surface area contributed by atoms with Crippen LogP contribution in [0.1, 0.15) is 23.0 Å². The average Bonchev–Trinajstić information content (AvgIpc) is 2.91. The molecule has 0 spiro atoms. The molecule has 3 N–H and O–H groups in total. The zero-order chi connectivity index (χ0) is 13.7. The Kier molecular flexibility index (Phi) is 4.02. The number of nitrogens with one attached hydrogen (secondary N) is 1. The minimum Gasteiger partial charge on any atom is -0.462 e. The Morgan fingerprint density at radius 2 is 2.32 bits per heavy atom. The maximum atomic E-state index is 11.6. The molecule has 0 radical (unpaired) electrons. The number of anilines is 2. The summed E-state index contributed by atoms with van der Waals surface area (Å²) in [6.07, 6.45) is 1.50. The first-order chi connectivity index (χ1) is 9.20. The number of aromatic nitrogens is 1. The van der Waals surface area contributed by atoms with Gasteiger partial charge in [-0.15, -0.1) is 0 Å². The lowest BCUT2D eigenvalue weighted by Crippen LogP contribution is -2.08. The molecule has 0 amide bonds. The van der Waals surface area contributed by atoms with Gasteiger partial charge in [-0.1, -0.05) is 5.16 Å². The van der Waals surface area contributed by atoms with Crippen LogP contribution in [0.15, 0.2) is 35.1 Å². The molecule has 0 atom stereocenters. The number of carbonyl (C=O) groups excluding carboxylic acids is 1. The Balaban J connectivity index is 2.10. The molecule has 1 heterocycles. The van der Waals surface area contributed by atoms with Gasteiger partial charge in [0.25, 0.3) is 0 Å². The summed E-state index contributed by atoms with van der Waals surface area (Å²) in [7, 11) is 0. The number of esters is 1. The summed E-state index contributed by atoms with van der Waals surface area (Å²) in [5.74, 6) is -0.369. The lowest BCUT2D eigenvalue weighted by molar-refractivity contribution is 0.0526. The number of hydrogen-bond acceptors (Lipinski definition) is 6. The van der Waals surface area contributed by atoms with Crippen molar-refractivity contribution in [3.63, 3.8) is 0 Å². The van der Waals surface area contributed by atoms with E-state index in [2.05, 4.69) is 10.5 Å². The van der Waals surface area contributed by atoms with E-state index >= 15 is 0 Å². The number of ether oxygens (including phenoxy) is 1. The van der Waals surface area contributed by atoms with Gasteiger partial charge in [0.15, 0.2) is 0 Å². The van der Waals surface area contributed by atoms with Crippen LogP contribution >= 0.6 is 0 Å². The maximum Gasteiger partial charge on any atom is 0.338 e. The molecule has 2 aromatic rings. The predicted octanol–water partition coefficient (Wildman–Crippen LogP) is 2.05. The number of rotatable bonds is 5. The van der Waals surface area contributed by atoms with Gasteiger partial charge in [-0.05, 0) is 25.1 Å². The Morgan fingerprint density at radius 3 is 3.00 bits per heavy atom. The van der Waals surface area contributed by atoms with Crippen LogP contribution in [0.25, 0.3) is 0 Å². The molecule has 2 rings (SSSR count). The summed E-state index contributed by atoms with van der Waals surface area (Å²) in [5.41, 5.74) is 8.27. The molecule has 0 saturated carbocycles. The molecule has 6 nitrogen and oxygen atoms in total. The van der Waals surface area contributed by atoms with Crippen LogP contribution in [0, 0.1) is 0 Å². The smallest absolute Gasteiger partial charge is 0.338 e. The normalized spacial score (nSPS) is 10.2. The molecule has 0 aliphatic rings.